The molecule has 3 nitrogen and oxygen atoms in total. The van der Waals surface area contributed by atoms with E-state index in [4.69, 9.17) is 13.4 Å². The van der Waals surface area contributed by atoms with Crippen LogP contribution < -0.4 is 5.31 Å². The van der Waals surface area contributed by atoms with Crippen LogP contribution >= 0.6 is 0 Å². The normalized spacial score (nSPS) is 23.6. The summed E-state index contributed by atoms with van der Waals surface area (Å²) in [6.07, 6.45) is 0. The van der Waals surface area contributed by atoms with Crippen molar-refractivity contribution in [2.45, 2.75) is 0 Å². The molecule has 0 spiro atoms. The van der Waals surface area contributed by atoms with E-state index >= 15 is 0 Å². The molecule has 0 unspecified atom stereocenters. The Morgan fingerprint density at radius 3 is 3.38 bits per heavy atom. The van der Waals surface area contributed by atoms with Crippen LogP contribution in [0.3, 0.4) is 0 Å². The van der Waals surface area contributed by atoms with Crippen molar-refractivity contribution in [1.82, 2.24) is 5.31 Å². The maximum absolute atomic E-state index is 10.3. The van der Waals surface area contributed by atoms with E-state index in [1.807, 2.05) is 0 Å². The first-order chi connectivity index (χ1) is 6.04. The van der Waals surface area contributed by atoms with Crippen molar-refractivity contribution in [3.63, 3.8) is 0 Å². The second kappa shape index (κ2) is 4.33. The third-order valence-electron chi connectivity index (χ3n) is 0.287. The Kier molecular flexibility index (Phi) is 0.998. The highest BCUT2D eigenvalue weighted by atomic mass is 16.4. The van der Waals surface area contributed by atoms with Gasteiger partial charge in [0.05, 0.1) is 10.6 Å². The quantitative estimate of drug-likeness (QED) is 0.508. The molecule has 0 fully saturated rings. The lowest BCUT2D eigenvalue weighted by atomic mass is 10.6. The summed E-state index contributed by atoms with van der Waals surface area (Å²) in [5.74, 6) is -2.00. The highest BCUT2D eigenvalue weighted by Gasteiger charge is 1.89. The van der Waals surface area contributed by atoms with Gasteiger partial charge in [-0.05, 0) is 0 Å². The zero-order valence-corrected chi connectivity index (χ0v) is 4.01. The lowest BCUT2D eigenvalue weighted by Gasteiger charge is -1.91. The van der Waals surface area contributed by atoms with Crippen LogP contribution in [-0.2, 0) is 4.79 Å². The summed E-state index contributed by atoms with van der Waals surface area (Å²) in [4.78, 5) is 10.3. The Morgan fingerprint density at radius 1 is 2.38 bits per heavy atom. The number of hydrogen-bond acceptors (Lipinski definition) is 2. The summed E-state index contributed by atoms with van der Waals surface area (Å²) >= 11 is 0. The van der Waals surface area contributed by atoms with Crippen LogP contribution in [0.5, 0.6) is 0 Å². The molecule has 46 valence electrons. The second-order valence-corrected chi connectivity index (χ2v) is 0.817. The van der Waals surface area contributed by atoms with Crippen molar-refractivity contribution in [2.75, 3.05) is 13.0 Å². The number of carboxylic acids is 1. The van der Waals surface area contributed by atoms with Gasteiger partial charge in [-0.1, -0.05) is 6.05 Å². The SMILES string of the molecule is [2H]C(=C)C([2H])([2H])N([2H])C([2H])([2H])C(=O)O. The molecule has 0 rings (SSSR count). The molecule has 0 aromatic rings. The molecule has 0 amide bonds. The average molecular weight is 121 g/mol. The Bertz CT molecular complexity index is 239. The fourth-order valence-corrected chi connectivity index (χ4v) is 0.115. The minimum absolute atomic E-state index is 0.447. The monoisotopic (exact) mass is 121 g/mol. The average Bonchev–Trinajstić information content (AvgIpc) is 2.02. The topological polar surface area (TPSA) is 49.3 Å². The van der Waals surface area contributed by atoms with Gasteiger partial charge in [-0.25, -0.2) is 0 Å². The molecule has 3 heteroatoms. The number of hydrogen-bond donors (Lipinski definition) is 2. The van der Waals surface area contributed by atoms with E-state index in [1.54, 1.807) is 0 Å². The van der Waals surface area contributed by atoms with Gasteiger partial charge in [-0.2, -0.15) is 0 Å². The molecule has 0 aromatic heterocycles. The zero-order chi connectivity index (χ0) is 11.7. The first-order valence-electron chi connectivity index (χ1n) is 4.68. The molecule has 8 heavy (non-hydrogen) atoms. The highest BCUT2D eigenvalue weighted by Crippen LogP contribution is 1.60. The summed E-state index contributed by atoms with van der Waals surface area (Å²) in [5, 5.41) is 7.92. The van der Waals surface area contributed by atoms with Gasteiger partial charge in [-0.15, -0.1) is 6.58 Å². The molecule has 0 aliphatic rings. The molecule has 0 heterocycles. The maximum Gasteiger partial charge on any atom is 0.317 e. The van der Waals surface area contributed by atoms with Gasteiger partial charge in [0.15, 0.2) is 0 Å². The van der Waals surface area contributed by atoms with Crippen LogP contribution in [-0.4, -0.2) is 24.1 Å². The third-order valence-corrected chi connectivity index (χ3v) is 0.287. The molecule has 0 bridgehead atoms. The Morgan fingerprint density at radius 2 is 3.00 bits per heavy atom. The predicted molar refractivity (Wildman–Crippen MR) is 30.7 cm³/mol. The molecule has 0 aromatic carbocycles. The largest absolute Gasteiger partial charge is 0.480 e. The number of carbonyl (C=O) groups is 1. The standard InChI is InChI=1S/C5H9NO2/c1-2-3-6-4-5(7)8/h2,6H,1,3-4H2,(H,7,8)/i2D,3D2,4D2/hD. The fourth-order valence-electron chi connectivity index (χ4n) is 0.115. The number of nitrogens with one attached hydrogen (secondary N) is 1. The summed E-state index contributed by atoms with van der Waals surface area (Å²) < 4.78 is 41.7. The molecule has 0 atom stereocenters. The predicted octanol–water partition coefficient (Wildman–Crippen LogP) is -0.153. The van der Waals surface area contributed by atoms with Crippen LogP contribution in [0.15, 0.2) is 12.6 Å². The summed E-state index contributed by atoms with van der Waals surface area (Å²) in [6, 6.07) is -0.891. The van der Waals surface area contributed by atoms with E-state index in [2.05, 4.69) is 6.58 Å². The lowest BCUT2D eigenvalue weighted by Crippen LogP contribution is -2.21. The van der Waals surface area contributed by atoms with E-state index in [0.29, 0.717) is 0 Å². The van der Waals surface area contributed by atoms with E-state index in [1.165, 1.54) is 0 Å². The van der Waals surface area contributed by atoms with Gasteiger partial charge in [-0.3, -0.25) is 4.79 Å². The molecule has 0 aliphatic heterocycles. The number of aliphatic carboxylic acids is 1. The van der Waals surface area contributed by atoms with E-state index < -0.39 is 30.3 Å². The highest BCUT2D eigenvalue weighted by molar-refractivity contribution is 5.68. The number of carboxylic acid groups (broad SMARTS) is 1. The number of rotatable bonds is 4. The minimum Gasteiger partial charge on any atom is -0.480 e. The van der Waals surface area contributed by atoms with Crippen molar-refractivity contribution in [2.24, 2.45) is 0 Å². The van der Waals surface area contributed by atoms with E-state index in [-0.39, 0.29) is 0 Å². The second-order valence-electron chi connectivity index (χ2n) is 0.817. The molecule has 2 N–H and O–H groups in total. The molecular weight excluding hydrogens is 106 g/mol. The summed E-state index contributed by atoms with van der Waals surface area (Å²) in [6.45, 7) is -3.18. The smallest absolute Gasteiger partial charge is 0.317 e. The Balaban J connectivity index is 5.04. The van der Waals surface area contributed by atoms with Crippen LogP contribution in [0.25, 0.3) is 0 Å². The van der Waals surface area contributed by atoms with Crippen LogP contribution in [0, 0.1) is 0 Å². The minimum atomic E-state index is -3.21. The van der Waals surface area contributed by atoms with Crippen LogP contribution in [0.2, 0.25) is 1.41 Å². The van der Waals surface area contributed by atoms with Gasteiger partial charge >= 0.3 is 5.97 Å². The van der Waals surface area contributed by atoms with Gasteiger partial charge in [0.2, 0.25) is 0 Å². The van der Waals surface area contributed by atoms with Gasteiger partial charge < -0.3 is 10.4 Å². The summed E-state index contributed by atoms with van der Waals surface area (Å²) in [7, 11) is 0. The van der Waals surface area contributed by atoms with Crippen LogP contribution in [0.1, 0.15) is 6.85 Å². The first kappa shape index (κ1) is 1.84. The molecule has 0 radical (unpaired) electrons. The third kappa shape index (κ3) is 5.17. The fraction of sp³-hybridized carbons (Fsp3) is 0.400. The van der Waals surface area contributed by atoms with Crippen molar-refractivity contribution in [3.05, 3.63) is 12.6 Å². The lowest BCUT2D eigenvalue weighted by molar-refractivity contribution is -0.135. The first-order valence-corrected chi connectivity index (χ1v) is 1.73. The van der Waals surface area contributed by atoms with Gasteiger partial charge in [0.25, 0.3) is 0 Å². The van der Waals surface area contributed by atoms with E-state index in [0.717, 1.165) is 0 Å². The van der Waals surface area contributed by atoms with Crippen molar-refractivity contribution in [3.8, 4) is 0 Å². The van der Waals surface area contributed by atoms with Crippen molar-refractivity contribution in [1.29, 1.82) is 0 Å². The molecule has 0 saturated heterocycles. The van der Waals surface area contributed by atoms with Gasteiger partial charge in [0.1, 0.15) is 1.41 Å². The molecule has 0 saturated carbocycles. The van der Waals surface area contributed by atoms with Crippen molar-refractivity contribution < 1.29 is 18.2 Å². The Hall–Kier alpha value is -0.830. The van der Waals surface area contributed by atoms with Crippen LogP contribution in [0.4, 0.5) is 0 Å². The molecule has 0 aliphatic carbocycles. The van der Waals surface area contributed by atoms with Crippen molar-refractivity contribution >= 4 is 5.97 Å². The van der Waals surface area contributed by atoms with Gasteiger partial charge in [0, 0.05) is 9.24 Å². The van der Waals surface area contributed by atoms with E-state index in [9.17, 15) is 4.79 Å². The zero-order valence-electron chi connectivity index (χ0n) is 10.0. The summed E-state index contributed by atoms with van der Waals surface area (Å²) in [5.41, 5.74) is 0. The Labute approximate surface area is 56.5 Å². The molecular formula is C5H9NO2. The maximum atomic E-state index is 10.3.